The minimum absolute atomic E-state index is 0.478. The molecule has 2 bridgehead atoms. The molecule has 2 fully saturated rings. The first kappa shape index (κ1) is 11.2. The summed E-state index contributed by atoms with van der Waals surface area (Å²) in [7, 11) is 0. The molecule has 3 rings (SSSR count). The Bertz CT molecular complexity index is 395. The van der Waals surface area contributed by atoms with E-state index in [1.807, 2.05) is 0 Å². The van der Waals surface area contributed by atoms with Gasteiger partial charge in [-0.15, -0.1) is 0 Å². The summed E-state index contributed by atoms with van der Waals surface area (Å²) in [6.07, 6.45) is 4.74. The number of ether oxygens (including phenoxy) is 1. The number of nitrogens with one attached hydrogen (secondary N) is 1. The first-order valence-electron chi connectivity index (χ1n) is 6.67. The van der Waals surface area contributed by atoms with E-state index in [4.69, 9.17) is 4.74 Å². The molecular formula is C15H21NO. The third-order valence-electron chi connectivity index (χ3n) is 3.96. The van der Waals surface area contributed by atoms with Crippen LogP contribution in [0, 0.1) is 13.8 Å². The van der Waals surface area contributed by atoms with Gasteiger partial charge in [-0.2, -0.15) is 0 Å². The van der Waals surface area contributed by atoms with Crippen LogP contribution in [0.1, 0.15) is 36.0 Å². The second-order valence-corrected chi connectivity index (χ2v) is 5.59. The highest BCUT2D eigenvalue weighted by Crippen LogP contribution is 2.34. The van der Waals surface area contributed by atoms with Gasteiger partial charge < -0.3 is 10.1 Å². The van der Waals surface area contributed by atoms with Gasteiger partial charge in [0.05, 0.1) is 12.2 Å². The van der Waals surface area contributed by atoms with Crippen molar-refractivity contribution < 1.29 is 4.74 Å². The van der Waals surface area contributed by atoms with Crippen molar-refractivity contribution in [3.63, 3.8) is 0 Å². The molecule has 2 aliphatic heterocycles. The van der Waals surface area contributed by atoms with Crippen LogP contribution in [-0.2, 0) is 11.3 Å². The topological polar surface area (TPSA) is 21.3 Å². The molecule has 0 aliphatic carbocycles. The minimum Gasteiger partial charge on any atom is -0.373 e. The van der Waals surface area contributed by atoms with Crippen LogP contribution in [0.5, 0.6) is 0 Å². The molecule has 2 saturated heterocycles. The zero-order valence-corrected chi connectivity index (χ0v) is 10.7. The smallest absolute Gasteiger partial charge is 0.0733 e. The van der Waals surface area contributed by atoms with Crippen molar-refractivity contribution in [3.05, 3.63) is 34.9 Å². The lowest BCUT2D eigenvalue weighted by atomic mass is 9.95. The molecule has 3 unspecified atom stereocenters. The van der Waals surface area contributed by atoms with Gasteiger partial charge >= 0.3 is 0 Å². The number of fused-ring (bicyclic) bond motifs is 2. The second-order valence-electron chi connectivity index (χ2n) is 5.59. The quantitative estimate of drug-likeness (QED) is 0.863. The normalized spacial score (nSPS) is 31.1. The van der Waals surface area contributed by atoms with Crippen LogP contribution >= 0.6 is 0 Å². The van der Waals surface area contributed by atoms with E-state index < -0.39 is 0 Å². The molecule has 3 atom stereocenters. The molecule has 2 heterocycles. The average molecular weight is 231 g/mol. The van der Waals surface area contributed by atoms with Crippen molar-refractivity contribution in [1.82, 2.24) is 5.32 Å². The van der Waals surface area contributed by atoms with Crippen LogP contribution in [0.3, 0.4) is 0 Å². The van der Waals surface area contributed by atoms with E-state index in [0.29, 0.717) is 18.2 Å². The van der Waals surface area contributed by atoms with Gasteiger partial charge in [0.1, 0.15) is 0 Å². The monoisotopic (exact) mass is 231 g/mol. The molecule has 1 aromatic rings. The summed E-state index contributed by atoms with van der Waals surface area (Å²) in [5.41, 5.74) is 4.10. The fourth-order valence-electron chi connectivity index (χ4n) is 3.27. The van der Waals surface area contributed by atoms with E-state index in [1.54, 1.807) is 0 Å². The lowest BCUT2D eigenvalue weighted by molar-refractivity contribution is 0.0973. The van der Waals surface area contributed by atoms with Crippen molar-refractivity contribution in [3.8, 4) is 0 Å². The summed E-state index contributed by atoms with van der Waals surface area (Å²) in [6, 6.07) is 7.35. The van der Waals surface area contributed by atoms with Gasteiger partial charge in [-0.1, -0.05) is 29.3 Å². The molecular weight excluding hydrogens is 210 g/mol. The molecule has 0 amide bonds. The molecule has 0 radical (unpaired) electrons. The zero-order valence-electron chi connectivity index (χ0n) is 10.7. The van der Waals surface area contributed by atoms with E-state index in [-0.39, 0.29) is 0 Å². The Balaban J connectivity index is 1.60. The summed E-state index contributed by atoms with van der Waals surface area (Å²) < 4.78 is 5.86. The summed E-state index contributed by atoms with van der Waals surface area (Å²) in [4.78, 5) is 0. The number of rotatable bonds is 3. The number of aryl methyl sites for hydroxylation is 2. The van der Waals surface area contributed by atoms with E-state index in [1.165, 1.54) is 36.0 Å². The first-order valence-corrected chi connectivity index (χ1v) is 6.67. The number of hydrogen-bond donors (Lipinski definition) is 1. The molecule has 2 aliphatic rings. The second kappa shape index (κ2) is 4.43. The van der Waals surface area contributed by atoms with Crippen LogP contribution in [0.15, 0.2) is 18.2 Å². The van der Waals surface area contributed by atoms with E-state index in [2.05, 4.69) is 37.4 Å². The van der Waals surface area contributed by atoms with Crippen LogP contribution in [0.4, 0.5) is 0 Å². The first-order chi connectivity index (χ1) is 8.20. The lowest BCUT2D eigenvalue weighted by Gasteiger charge is -2.20. The van der Waals surface area contributed by atoms with E-state index in [0.717, 1.165) is 6.54 Å². The Morgan fingerprint density at radius 1 is 1.18 bits per heavy atom. The van der Waals surface area contributed by atoms with Crippen molar-refractivity contribution in [2.75, 3.05) is 0 Å². The summed E-state index contributed by atoms with van der Waals surface area (Å²) >= 11 is 0. The molecule has 0 spiro atoms. The maximum Gasteiger partial charge on any atom is 0.0733 e. The molecule has 2 heteroatoms. The van der Waals surface area contributed by atoms with Gasteiger partial charge in [-0.25, -0.2) is 0 Å². The average Bonchev–Trinajstić information content (AvgIpc) is 2.86. The molecule has 0 saturated carbocycles. The van der Waals surface area contributed by atoms with Gasteiger partial charge in [-0.3, -0.25) is 0 Å². The SMILES string of the molecule is Cc1cc(C)cc(CNC2CC3CCC2O3)c1. The Morgan fingerprint density at radius 3 is 2.53 bits per heavy atom. The highest BCUT2D eigenvalue weighted by atomic mass is 16.5. The maximum atomic E-state index is 5.86. The fraction of sp³-hybridized carbons (Fsp3) is 0.600. The highest BCUT2D eigenvalue weighted by Gasteiger charge is 2.40. The molecule has 0 aromatic heterocycles. The summed E-state index contributed by atoms with van der Waals surface area (Å²) in [5, 5.41) is 3.66. The Morgan fingerprint density at radius 2 is 1.94 bits per heavy atom. The summed E-state index contributed by atoms with van der Waals surface area (Å²) in [5.74, 6) is 0. The minimum atomic E-state index is 0.478. The fourth-order valence-corrected chi connectivity index (χ4v) is 3.27. The third kappa shape index (κ3) is 2.38. The number of hydrogen-bond acceptors (Lipinski definition) is 2. The molecule has 2 nitrogen and oxygen atoms in total. The Hall–Kier alpha value is -0.860. The van der Waals surface area contributed by atoms with Gasteiger partial charge in [0.15, 0.2) is 0 Å². The predicted octanol–water partition coefficient (Wildman–Crippen LogP) is 2.71. The van der Waals surface area contributed by atoms with E-state index in [9.17, 15) is 0 Å². The van der Waals surface area contributed by atoms with E-state index >= 15 is 0 Å². The van der Waals surface area contributed by atoms with Gasteiger partial charge in [0.2, 0.25) is 0 Å². The highest BCUT2D eigenvalue weighted by molar-refractivity contribution is 5.28. The standard InChI is InChI=1S/C15H21NO/c1-10-5-11(2)7-12(6-10)9-16-14-8-13-3-4-15(14)17-13/h5-7,13-16H,3-4,8-9H2,1-2H3. The lowest BCUT2D eigenvalue weighted by Crippen LogP contribution is -2.37. The van der Waals surface area contributed by atoms with Crippen LogP contribution in [0.2, 0.25) is 0 Å². The number of benzene rings is 1. The van der Waals surface area contributed by atoms with Crippen molar-refractivity contribution in [1.29, 1.82) is 0 Å². The largest absolute Gasteiger partial charge is 0.373 e. The van der Waals surface area contributed by atoms with Crippen LogP contribution in [0.25, 0.3) is 0 Å². The van der Waals surface area contributed by atoms with Crippen molar-refractivity contribution in [2.45, 2.75) is 57.9 Å². The molecule has 1 aromatic carbocycles. The van der Waals surface area contributed by atoms with Crippen LogP contribution < -0.4 is 5.32 Å². The van der Waals surface area contributed by atoms with Crippen molar-refractivity contribution in [2.24, 2.45) is 0 Å². The molecule has 1 N–H and O–H groups in total. The summed E-state index contributed by atoms with van der Waals surface area (Å²) in [6.45, 7) is 5.30. The van der Waals surface area contributed by atoms with Gasteiger partial charge in [0.25, 0.3) is 0 Å². The predicted molar refractivity (Wildman–Crippen MR) is 69.1 cm³/mol. The third-order valence-corrected chi connectivity index (χ3v) is 3.96. The van der Waals surface area contributed by atoms with Gasteiger partial charge in [-0.05, 0) is 38.7 Å². The molecule has 17 heavy (non-hydrogen) atoms. The molecule has 92 valence electrons. The van der Waals surface area contributed by atoms with Crippen LogP contribution in [-0.4, -0.2) is 18.2 Å². The Kier molecular flexibility index (Phi) is 2.93. The Labute approximate surface area is 103 Å². The maximum absolute atomic E-state index is 5.86. The van der Waals surface area contributed by atoms with Gasteiger partial charge in [0, 0.05) is 12.6 Å². The zero-order chi connectivity index (χ0) is 11.8. The van der Waals surface area contributed by atoms with Crippen molar-refractivity contribution >= 4 is 0 Å².